The molecule has 7 amide bonds. The third-order valence-corrected chi connectivity index (χ3v) is 21.3. The molecule has 0 bridgehead atoms. The molecule has 0 aliphatic rings. The Bertz CT molecular complexity index is 4280. The number of anilines is 3. The zero-order valence-electron chi connectivity index (χ0n) is 73.4. The molecule has 0 heterocycles. The molecule has 0 fully saturated rings. The van der Waals surface area contributed by atoms with E-state index in [-0.39, 0.29) is 166 Å². The summed E-state index contributed by atoms with van der Waals surface area (Å²) >= 11 is 0. The topological polar surface area (TPSA) is 649 Å². The molecule has 3 unspecified atom stereocenters. The second-order valence-electron chi connectivity index (χ2n) is 31.5. The van der Waals surface area contributed by atoms with Crippen molar-refractivity contribution >= 4 is 138 Å². The van der Waals surface area contributed by atoms with Gasteiger partial charge in [0.2, 0.25) is 57.0 Å². The molecule has 0 aliphatic carbocycles. The Morgan fingerprint density at radius 2 is 0.746 bits per heavy atom. The number of aromatic carboxylic acids is 1. The smallest absolute Gasteiger partial charge is 0.349 e. The number of hydrogen-bond donors (Lipinski definition) is 16. The number of ether oxygens (including phenoxy) is 2. The van der Waals surface area contributed by atoms with Gasteiger partial charge in [0.05, 0.1) is 46.6 Å². The van der Waals surface area contributed by atoms with Crippen molar-refractivity contribution in [2.24, 2.45) is 43.5 Å². The molecule has 134 heavy (non-hydrogen) atoms. The number of amides is 7. The number of nitrogens with one attached hydrogen (secondary N) is 7. The van der Waals surface area contributed by atoms with Gasteiger partial charge in [-0.1, -0.05) is 214 Å². The van der Waals surface area contributed by atoms with Crippen LogP contribution in [0.5, 0.6) is 0 Å². The van der Waals surface area contributed by atoms with Crippen LogP contribution < -0.4 is 41.8 Å². The maximum Gasteiger partial charge on any atom is 0.349 e. The van der Waals surface area contributed by atoms with Gasteiger partial charge >= 0.3 is 59.7 Å². The predicted molar refractivity (Wildman–Crippen MR) is 528 cm³/mol. The van der Waals surface area contributed by atoms with Crippen LogP contribution in [0.3, 0.4) is 0 Å². The van der Waals surface area contributed by atoms with Gasteiger partial charge in [-0.2, -0.15) is 0 Å². The lowest BCUT2D eigenvalue weighted by Crippen LogP contribution is -2.47. The SMILES string of the molecule is C.C.C.C.C.C.C.C.C.C.C.C.CCC(C)(C)C(=O)NC(CC(=O)O)C(=O)O.CCC(C)(C)C(=O)NCC(=O)O.CCC(C)(C)C(=O)Nc1ccc(C(=O)O)cc1.CCC(C)(C)C(=O)Nc1ccc(S(=O)(=O)NC(C)=O)cc1.CCC(C)(C)C(=O)Nc1ccc(S(N)(=O)=O)cc1.CCC(C)(C)C(=O)OCCCC(=O)OC(CC(=O)O)(CC(=O)O)C(=O)O.CCC(C)C(=O)NC(C)C(=O)O. The summed E-state index contributed by atoms with van der Waals surface area (Å²) in [6.07, 6.45) is 1.29. The highest BCUT2D eigenvalue weighted by atomic mass is 32.2. The first-order chi connectivity index (χ1) is 55.6. The fourth-order valence-electron chi connectivity index (χ4n) is 7.63. The molecule has 784 valence electrons. The minimum Gasteiger partial charge on any atom is -0.481 e. The summed E-state index contributed by atoms with van der Waals surface area (Å²) in [7, 11) is -7.54. The zero-order chi connectivity index (χ0) is 96.3. The van der Waals surface area contributed by atoms with Gasteiger partial charge in [0.15, 0.2) is 0 Å². The van der Waals surface area contributed by atoms with Crippen LogP contribution in [0.1, 0.15) is 329 Å². The van der Waals surface area contributed by atoms with Crippen LogP contribution in [-0.4, -0.2) is 190 Å². The lowest BCUT2D eigenvalue weighted by Gasteiger charge is -2.26. The number of carbonyl (C=O) groups is 17. The van der Waals surface area contributed by atoms with Gasteiger partial charge < -0.3 is 82.2 Å². The number of sulfonamides is 2. The maximum atomic E-state index is 12.0. The van der Waals surface area contributed by atoms with Gasteiger partial charge in [-0.05, 0) is 145 Å². The average molecular weight is 1960 g/mol. The van der Waals surface area contributed by atoms with E-state index in [0.717, 1.165) is 19.8 Å². The molecular formula is C93H174N8O31S2. The first-order valence-electron chi connectivity index (χ1n) is 38.5. The molecule has 17 N–H and O–H groups in total. The third kappa shape index (κ3) is 63.6. The molecule has 0 saturated carbocycles. The number of carboxylic acids is 8. The van der Waals surface area contributed by atoms with Gasteiger partial charge in [-0.3, -0.25) is 67.1 Å². The van der Waals surface area contributed by atoms with Crippen LogP contribution in [0.2, 0.25) is 0 Å². The number of primary sulfonamides is 1. The van der Waals surface area contributed by atoms with Crippen molar-refractivity contribution < 1.29 is 149 Å². The summed E-state index contributed by atoms with van der Waals surface area (Å²) in [4.78, 5) is 189. The monoisotopic (exact) mass is 1960 g/mol. The van der Waals surface area contributed by atoms with Gasteiger partial charge in [0.1, 0.15) is 18.6 Å². The number of hydrogen-bond acceptors (Lipinski definition) is 23. The quantitative estimate of drug-likeness (QED) is 0.0186. The van der Waals surface area contributed by atoms with Crippen LogP contribution in [0.25, 0.3) is 0 Å². The highest BCUT2D eigenvalue weighted by molar-refractivity contribution is 7.90. The molecule has 3 atom stereocenters. The van der Waals surface area contributed by atoms with E-state index < -0.39 is 161 Å². The first-order valence-corrected chi connectivity index (χ1v) is 41.5. The van der Waals surface area contributed by atoms with Gasteiger partial charge in [0.25, 0.3) is 10.0 Å². The van der Waals surface area contributed by atoms with E-state index in [1.54, 1.807) is 67.5 Å². The second kappa shape index (κ2) is 73.0. The molecular weight excluding hydrogens is 1790 g/mol. The van der Waals surface area contributed by atoms with Crippen LogP contribution in [-0.2, 0) is 106 Å². The van der Waals surface area contributed by atoms with Crippen molar-refractivity contribution in [3.05, 3.63) is 78.4 Å². The fourth-order valence-corrected chi connectivity index (χ4v) is 9.13. The Hall–Kier alpha value is -11.5. The van der Waals surface area contributed by atoms with Crippen LogP contribution >= 0.6 is 0 Å². The average Bonchev–Trinajstić information content (AvgIpc) is 0.828. The van der Waals surface area contributed by atoms with E-state index in [2.05, 4.69) is 36.6 Å². The minimum atomic E-state index is -3.85. The van der Waals surface area contributed by atoms with E-state index in [1.807, 2.05) is 87.8 Å². The van der Waals surface area contributed by atoms with E-state index in [1.165, 1.54) is 67.6 Å². The number of carbonyl (C=O) groups excluding carboxylic acids is 9. The Balaban J connectivity index is -0.0000000864. The zero-order valence-corrected chi connectivity index (χ0v) is 75.1. The first kappa shape index (κ1) is 159. The van der Waals surface area contributed by atoms with E-state index in [4.69, 9.17) is 50.7 Å². The van der Waals surface area contributed by atoms with Crippen molar-refractivity contribution in [3.63, 3.8) is 0 Å². The van der Waals surface area contributed by atoms with Gasteiger partial charge in [-0.25, -0.2) is 41.1 Å². The van der Waals surface area contributed by atoms with Crippen molar-refractivity contribution in [2.45, 2.75) is 346 Å². The lowest BCUT2D eigenvalue weighted by molar-refractivity contribution is -0.186. The molecule has 3 aromatic rings. The van der Waals surface area contributed by atoms with E-state index in [0.29, 0.717) is 49.2 Å². The number of nitrogens with two attached hydrogens (primary N) is 1. The molecule has 41 heteroatoms. The molecule has 3 rings (SSSR count). The summed E-state index contributed by atoms with van der Waals surface area (Å²) in [5.41, 5.74) is -4.07. The minimum absolute atomic E-state index is 0. The highest BCUT2D eigenvalue weighted by Crippen LogP contribution is 2.29. The molecule has 3 aromatic carbocycles. The summed E-state index contributed by atoms with van der Waals surface area (Å²) < 4.78 is 57.2. The van der Waals surface area contributed by atoms with Crippen molar-refractivity contribution in [1.82, 2.24) is 20.7 Å². The van der Waals surface area contributed by atoms with E-state index >= 15 is 0 Å². The van der Waals surface area contributed by atoms with Crippen molar-refractivity contribution in [2.75, 3.05) is 29.1 Å². The summed E-state index contributed by atoms with van der Waals surface area (Å²) in [6.45, 7) is 38.5. The Kier molecular flexibility index (Phi) is 86.8. The van der Waals surface area contributed by atoms with E-state index in [9.17, 15) is 98.3 Å². The van der Waals surface area contributed by atoms with Crippen molar-refractivity contribution in [3.8, 4) is 0 Å². The maximum absolute atomic E-state index is 12.0. The Morgan fingerprint density at radius 3 is 1.02 bits per heavy atom. The number of benzene rings is 3. The lowest BCUT2D eigenvalue weighted by atomic mass is 9.89. The van der Waals surface area contributed by atoms with Crippen molar-refractivity contribution in [1.29, 1.82) is 0 Å². The number of aliphatic carboxylic acids is 7. The second-order valence-corrected chi connectivity index (χ2v) is 34.7. The fraction of sp³-hybridized carbons (Fsp3) is 0.624. The highest BCUT2D eigenvalue weighted by Gasteiger charge is 2.47. The standard InChI is InChI=1S/C16H24O10.C14H20N2O4S.C13H17NO3.C12H18N2O3S.C10H17NO5.2C8H15NO3.12CH4/c1-4-15(2,3)14(24)25-7-5-6-12(21)26-16(13(22)23,8-10(17)18)9-11(19)20;1-5-14(3,4)13(18)15-11-6-8-12(9-7-11)21(19,20)16-10(2)17;1-4-13(2,3)12(17)14-10-7-5-9(6-8-10)11(15)16;1-4-12(2,3)11(15)14-9-5-7-10(8-6-9)18(13,16)17;1-4-10(2,3)9(16)11-6(8(14)15)5-7(12)13;1-4-8(2,3)7(12)9-5-6(10)11;1-4-5(2)7(10)9-6(3)8(11)12;;;;;;;;;;;;/h4-9H2,1-3H3,(H,17,18)(H,19,20)(H,22,23);6-9H,5H2,1-4H3,(H,15,18)(H,16,17);5-8H,4H2,1-3H3,(H,14,17)(H,15,16);5-8H,4H2,1-3H3,(H,14,15)(H2,13,16,17);6H,4-5H2,1-3H3,(H,11,16)(H,12,13)(H,14,15);4-5H2,1-3H3,(H,9,12)(H,10,11);5-6H,4H2,1-3H3,(H,9,10)(H,11,12);12*1H4. The molecule has 0 radical (unpaired) electrons. The molecule has 0 saturated heterocycles. The van der Waals surface area contributed by atoms with Crippen LogP contribution in [0.4, 0.5) is 17.1 Å². The number of carboxylic acid groups (broad SMARTS) is 8. The summed E-state index contributed by atoms with van der Waals surface area (Å²) in [5.74, 6) is -14.2. The Labute approximate surface area is 800 Å². The number of rotatable bonds is 39. The number of esters is 2. The van der Waals surface area contributed by atoms with Gasteiger partial charge in [0, 0.05) is 63.4 Å². The molecule has 0 aliphatic heterocycles. The normalized spacial score (nSPS) is 11.0. The van der Waals surface area contributed by atoms with Crippen LogP contribution in [0, 0.1) is 38.4 Å². The largest absolute Gasteiger partial charge is 0.481 e. The summed E-state index contributed by atoms with van der Waals surface area (Å²) in [6, 6.07) is 15.3. The Morgan fingerprint density at radius 1 is 0.418 bits per heavy atom. The third-order valence-electron chi connectivity index (χ3n) is 19.0. The molecule has 0 spiro atoms. The molecule has 0 aromatic heterocycles. The predicted octanol–water partition coefficient (Wildman–Crippen LogP) is 16.8. The molecule has 39 nitrogen and oxygen atoms in total. The van der Waals surface area contributed by atoms with Gasteiger partial charge in [-0.15, -0.1) is 0 Å². The van der Waals surface area contributed by atoms with Crippen LogP contribution in [0.15, 0.2) is 82.6 Å². The summed E-state index contributed by atoms with van der Waals surface area (Å²) in [5, 5.41) is 89.6.